The highest BCUT2D eigenvalue weighted by atomic mass is 15.1. The fraction of sp³-hybridized carbons (Fsp3) is 0.0732. The van der Waals surface area contributed by atoms with Crippen LogP contribution in [0.2, 0.25) is 0 Å². The topological polar surface area (TPSA) is 29.0 Å². The minimum Gasteiger partial charge on any atom is -0.311 e. The summed E-state index contributed by atoms with van der Waals surface area (Å²) in [6.07, 6.45) is 7.05. The van der Waals surface area contributed by atoms with Crippen LogP contribution in [0.4, 0.5) is 11.4 Å². The molecule has 0 saturated heterocycles. The van der Waals surface area contributed by atoms with Crippen molar-refractivity contribution in [3.8, 4) is 45.0 Å². The second-order valence-electron chi connectivity index (χ2n) is 11.6. The molecule has 8 rings (SSSR count). The Balaban J connectivity index is 1.40. The molecule has 6 aromatic rings. The van der Waals surface area contributed by atoms with E-state index in [-0.39, 0.29) is 5.92 Å². The highest BCUT2D eigenvalue weighted by Crippen LogP contribution is 2.40. The number of rotatable bonds is 2. The Morgan fingerprint density at radius 1 is 0.523 bits per heavy atom. The number of allylic oxidation sites excluding steroid dienone is 3. The second kappa shape index (κ2) is 10.9. The number of hydrogen-bond donors (Lipinski definition) is 0. The van der Waals surface area contributed by atoms with E-state index in [1.54, 1.807) is 0 Å². The fourth-order valence-corrected chi connectivity index (χ4v) is 6.38. The normalized spacial score (nSPS) is 16.8. The number of benzene rings is 5. The molecule has 3 nitrogen and oxygen atoms in total. The summed E-state index contributed by atoms with van der Waals surface area (Å²) in [6.45, 7) is 2.30. The van der Waals surface area contributed by atoms with Crippen LogP contribution < -0.4 is 4.90 Å². The second-order valence-corrected chi connectivity index (χ2v) is 11.6. The van der Waals surface area contributed by atoms with Crippen LogP contribution in [-0.2, 0) is 0 Å². The van der Waals surface area contributed by atoms with E-state index >= 15 is 0 Å². The van der Waals surface area contributed by atoms with E-state index < -0.39 is 0 Å². The minimum atomic E-state index is 0.208. The highest BCUT2D eigenvalue weighted by Gasteiger charge is 2.24. The summed E-state index contributed by atoms with van der Waals surface area (Å²) in [6, 6.07) is 49.5. The molecule has 5 aromatic carbocycles. The third-order valence-electron chi connectivity index (χ3n) is 8.68. The van der Waals surface area contributed by atoms with E-state index in [2.05, 4.69) is 164 Å². The first-order chi connectivity index (χ1) is 21.7. The Morgan fingerprint density at radius 2 is 1.14 bits per heavy atom. The van der Waals surface area contributed by atoms with Gasteiger partial charge in [0.25, 0.3) is 0 Å². The van der Waals surface area contributed by atoms with Crippen molar-refractivity contribution in [2.45, 2.75) is 12.8 Å². The van der Waals surface area contributed by atoms with Crippen LogP contribution in [-0.4, -0.2) is 9.97 Å². The predicted octanol–water partition coefficient (Wildman–Crippen LogP) is 10.5. The standard InChI is InChI=1S/C41H31N3/c1-28-21-22-37-26-38(28)32-15-9-16-33(24-32)40-27-39(29-11-4-2-5-12-29)42-41(43-40)34-17-8-13-30(23-34)31-14-10-20-36(25-31)44(37)35-18-6-3-7-19-35/h2-28,38H,1H3. The molecule has 3 heteroatoms. The molecule has 10 bridgehead atoms. The number of hydrogen-bond acceptors (Lipinski definition) is 3. The molecule has 0 fully saturated rings. The van der Waals surface area contributed by atoms with Gasteiger partial charge in [-0.3, -0.25) is 0 Å². The van der Waals surface area contributed by atoms with Crippen molar-refractivity contribution in [2.24, 2.45) is 5.92 Å². The van der Waals surface area contributed by atoms with Gasteiger partial charge in [-0.15, -0.1) is 0 Å². The smallest absolute Gasteiger partial charge is 0.160 e. The van der Waals surface area contributed by atoms with Crippen LogP contribution in [0.1, 0.15) is 18.4 Å². The first-order valence-electron chi connectivity index (χ1n) is 15.2. The molecule has 1 aliphatic carbocycles. The minimum absolute atomic E-state index is 0.208. The number of fused-ring (bicyclic) bond motifs is 13. The van der Waals surface area contributed by atoms with Gasteiger partial charge in [0, 0.05) is 39.7 Å². The molecule has 0 N–H and O–H groups in total. The lowest BCUT2D eigenvalue weighted by molar-refractivity contribution is 0.629. The van der Waals surface area contributed by atoms with Gasteiger partial charge in [0.1, 0.15) is 0 Å². The van der Waals surface area contributed by atoms with Gasteiger partial charge in [0.15, 0.2) is 5.82 Å². The summed E-state index contributed by atoms with van der Waals surface area (Å²) < 4.78 is 0. The number of nitrogens with zero attached hydrogens (tertiary/aromatic N) is 3. The summed E-state index contributed by atoms with van der Waals surface area (Å²) in [5.41, 5.74) is 12.0. The van der Waals surface area contributed by atoms with Gasteiger partial charge in [-0.1, -0.05) is 116 Å². The van der Waals surface area contributed by atoms with Gasteiger partial charge in [0.2, 0.25) is 0 Å². The maximum absolute atomic E-state index is 5.17. The molecule has 0 spiro atoms. The zero-order valence-corrected chi connectivity index (χ0v) is 24.5. The molecular formula is C41H31N3. The van der Waals surface area contributed by atoms with E-state index in [1.165, 1.54) is 11.3 Å². The van der Waals surface area contributed by atoms with E-state index in [4.69, 9.17) is 9.97 Å². The summed E-state index contributed by atoms with van der Waals surface area (Å²) in [4.78, 5) is 12.6. The van der Waals surface area contributed by atoms with Crippen LogP contribution in [0.15, 0.2) is 163 Å². The summed E-state index contributed by atoms with van der Waals surface area (Å²) in [7, 11) is 0. The molecule has 0 amide bonds. The Kier molecular flexibility index (Phi) is 6.49. The lowest BCUT2D eigenvalue weighted by Gasteiger charge is -2.32. The van der Waals surface area contributed by atoms with Crippen LogP contribution >= 0.6 is 0 Å². The van der Waals surface area contributed by atoms with E-state index in [9.17, 15) is 0 Å². The Bertz CT molecular complexity index is 2040. The predicted molar refractivity (Wildman–Crippen MR) is 181 cm³/mol. The number of anilines is 2. The van der Waals surface area contributed by atoms with E-state index in [1.807, 2.05) is 6.07 Å². The average molecular weight is 566 g/mol. The maximum atomic E-state index is 5.17. The molecule has 2 aliphatic rings. The first-order valence-corrected chi connectivity index (χ1v) is 15.2. The lowest BCUT2D eigenvalue weighted by Crippen LogP contribution is -2.20. The number of para-hydroxylation sites is 1. The van der Waals surface area contributed by atoms with Crippen molar-refractivity contribution in [2.75, 3.05) is 4.90 Å². The average Bonchev–Trinajstić information content (AvgIpc) is 3.10. The molecule has 210 valence electrons. The first kappa shape index (κ1) is 26.1. The zero-order valence-electron chi connectivity index (χ0n) is 24.5. The van der Waals surface area contributed by atoms with Crippen LogP contribution in [0.5, 0.6) is 0 Å². The SMILES string of the molecule is CC1C=CC2=CC1c1cccc(c1)-c1cc(-c3ccccc3)nc(n1)-c1cccc(c1)-c1cccc(c1)N2c1ccccc1. The van der Waals surface area contributed by atoms with E-state index in [0.29, 0.717) is 5.92 Å². The van der Waals surface area contributed by atoms with Crippen LogP contribution in [0, 0.1) is 5.92 Å². The van der Waals surface area contributed by atoms with Gasteiger partial charge >= 0.3 is 0 Å². The molecule has 0 saturated carbocycles. The van der Waals surface area contributed by atoms with Crippen LogP contribution in [0.3, 0.4) is 0 Å². The quantitative estimate of drug-likeness (QED) is 0.209. The molecule has 2 unspecified atom stereocenters. The summed E-state index contributed by atoms with van der Waals surface area (Å²) in [5, 5.41) is 0. The lowest BCUT2D eigenvalue weighted by atomic mass is 9.82. The van der Waals surface area contributed by atoms with Crippen molar-refractivity contribution >= 4 is 11.4 Å². The Labute approximate surface area is 258 Å². The van der Waals surface area contributed by atoms with E-state index in [0.717, 1.165) is 56.4 Å². The zero-order chi connectivity index (χ0) is 29.5. The molecule has 44 heavy (non-hydrogen) atoms. The molecule has 1 aliphatic heterocycles. The third kappa shape index (κ3) is 4.83. The third-order valence-corrected chi connectivity index (χ3v) is 8.68. The largest absolute Gasteiger partial charge is 0.311 e. The van der Waals surface area contributed by atoms with Gasteiger partial charge in [-0.05, 0) is 71.1 Å². The fourth-order valence-electron chi connectivity index (χ4n) is 6.38. The molecule has 2 heterocycles. The van der Waals surface area contributed by atoms with Crippen molar-refractivity contribution < 1.29 is 0 Å². The van der Waals surface area contributed by atoms with Gasteiger partial charge < -0.3 is 4.90 Å². The highest BCUT2D eigenvalue weighted by molar-refractivity contribution is 5.79. The van der Waals surface area contributed by atoms with Crippen molar-refractivity contribution in [1.82, 2.24) is 9.97 Å². The van der Waals surface area contributed by atoms with Crippen molar-refractivity contribution in [3.05, 3.63) is 169 Å². The molecule has 2 atom stereocenters. The maximum Gasteiger partial charge on any atom is 0.160 e. The molecule has 0 radical (unpaired) electrons. The van der Waals surface area contributed by atoms with Crippen molar-refractivity contribution in [1.29, 1.82) is 0 Å². The molecular weight excluding hydrogens is 534 g/mol. The van der Waals surface area contributed by atoms with Crippen LogP contribution in [0.25, 0.3) is 45.0 Å². The molecule has 1 aromatic heterocycles. The summed E-state index contributed by atoms with van der Waals surface area (Å²) >= 11 is 0. The number of aromatic nitrogens is 2. The van der Waals surface area contributed by atoms with Crippen molar-refractivity contribution in [3.63, 3.8) is 0 Å². The Hall–Kier alpha value is -5.54. The van der Waals surface area contributed by atoms with Gasteiger partial charge in [0.05, 0.1) is 11.4 Å². The monoisotopic (exact) mass is 565 g/mol. The Morgan fingerprint density at radius 3 is 1.95 bits per heavy atom. The van der Waals surface area contributed by atoms with Gasteiger partial charge in [-0.2, -0.15) is 0 Å². The summed E-state index contributed by atoms with van der Waals surface area (Å²) in [5.74, 6) is 1.27. The van der Waals surface area contributed by atoms with Gasteiger partial charge in [-0.25, -0.2) is 9.97 Å².